The lowest BCUT2D eigenvalue weighted by Crippen LogP contribution is -2.07. The van der Waals surface area contributed by atoms with Crippen LogP contribution in [-0.2, 0) is 0 Å². The maximum Gasteiger partial charge on any atom is 0.124 e. The first-order valence-corrected chi connectivity index (χ1v) is 3.53. The Bertz CT molecular complexity index is 279. The van der Waals surface area contributed by atoms with Crippen molar-refractivity contribution in [1.82, 2.24) is 4.73 Å². The third-order valence-corrected chi connectivity index (χ3v) is 1.74. The van der Waals surface area contributed by atoms with E-state index in [1.165, 1.54) is 6.07 Å². The molecule has 0 saturated heterocycles. The number of pyridine rings is 1. The number of hydrogen-bond acceptors (Lipinski definition) is 2. The summed E-state index contributed by atoms with van der Waals surface area (Å²) in [4.78, 5) is 0. The molecule has 54 valence electrons. The first-order valence-electron chi connectivity index (χ1n) is 2.74. The summed E-state index contributed by atoms with van der Waals surface area (Å²) in [6.07, 6.45) is 0. The summed E-state index contributed by atoms with van der Waals surface area (Å²) < 4.78 is 1.48. The maximum atomic E-state index is 9.12. The minimum Gasteiger partial charge on any atom is -0.428 e. The highest BCUT2D eigenvalue weighted by molar-refractivity contribution is 9.10. The fourth-order valence-corrected chi connectivity index (χ4v) is 1.21. The fraction of sp³-hybridized carbons (Fsp3) is 0.167. The van der Waals surface area contributed by atoms with Crippen molar-refractivity contribution in [3.8, 4) is 0 Å². The van der Waals surface area contributed by atoms with Crippen LogP contribution in [-0.4, -0.2) is 9.94 Å². The van der Waals surface area contributed by atoms with Crippen molar-refractivity contribution in [2.75, 3.05) is 0 Å². The van der Waals surface area contributed by atoms with Crippen molar-refractivity contribution in [3.63, 3.8) is 0 Å². The Hall–Kier alpha value is -0.770. The Morgan fingerprint density at radius 2 is 2.20 bits per heavy atom. The molecule has 0 saturated carbocycles. The van der Waals surface area contributed by atoms with Crippen LogP contribution in [0, 0.1) is 12.3 Å². The first-order chi connectivity index (χ1) is 4.61. The highest BCUT2D eigenvalue weighted by atomic mass is 79.9. The van der Waals surface area contributed by atoms with E-state index < -0.39 is 0 Å². The average Bonchev–Trinajstić information content (AvgIpc) is 1.82. The van der Waals surface area contributed by atoms with Crippen LogP contribution in [0.1, 0.15) is 5.69 Å². The smallest absolute Gasteiger partial charge is 0.124 e. The van der Waals surface area contributed by atoms with Gasteiger partial charge >= 0.3 is 0 Å². The topological polar surface area (TPSA) is 49.0 Å². The number of hydrogen-bond donors (Lipinski definition) is 2. The van der Waals surface area contributed by atoms with Crippen molar-refractivity contribution in [2.24, 2.45) is 0 Å². The van der Waals surface area contributed by atoms with Gasteiger partial charge in [0.15, 0.2) is 0 Å². The van der Waals surface area contributed by atoms with E-state index in [2.05, 4.69) is 15.9 Å². The molecular weight excluding hydrogens is 196 g/mol. The second-order valence-electron chi connectivity index (χ2n) is 2.02. The highest BCUT2D eigenvalue weighted by Gasteiger charge is 1.96. The maximum absolute atomic E-state index is 9.12. The summed E-state index contributed by atoms with van der Waals surface area (Å²) >= 11 is 3.09. The van der Waals surface area contributed by atoms with Gasteiger partial charge in [-0.05, 0) is 35.0 Å². The Morgan fingerprint density at radius 3 is 2.70 bits per heavy atom. The minimum absolute atomic E-state index is 0.384. The predicted molar refractivity (Wildman–Crippen MR) is 39.9 cm³/mol. The Balaban J connectivity index is 3.46. The Morgan fingerprint density at radius 1 is 1.60 bits per heavy atom. The predicted octanol–water partition coefficient (Wildman–Crippen LogP) is 1.28. The van der Waals surface area contributed by atoms with Crippen LogP contribution in [0.3, 0.4) is 0 Å². The normalized spacial score (nSPS) is 9.80. The van der Waals surface area contributed by atoms with E-state index in [0.29, 0.717) is 15.7 Å². The van der Waals surface area contributed by atoms with Gasteiger partial charge < -0.3 is 10.6 Å². The monoisotopic (exact) mass is 202 g/mol. The van der Waals surface area contributed by atoms with Crippen molar-refractivity contribution >= 4 is 15.9 Å². The van der Waals surface area contributed by atoms with E-state index in [0.717, 1.165) is 4.73 Å². The zero-order valence-electron chi connectivity index (χ0n) is 5.43. The molecule has 0 unspecified atom stereocenters. The van der Waals surface area contributed by atoms with E-state index in [9.17, 15) is 0 Å². The molecular formula is C6H7BrN2O. The number of halogens is 1. The van der Waals surface area contributed by atoms with E-state index in [4.69, 9.17) is 10.6 Å². The molecule has 0 aromatic carbocycles. The molecule has 1 aromatic heterocycles. The highest BCUT2D eigenvalue weighted by Crippen LogP contribution is 2.05. The molecule has 2 N–H and O–H groups in total. The lowest BCUT2D eigenvalue weighted by molar-refractivity contribution is 0.170. The van der Waals surface area contributed by atoms with E-state index in [1.807, 2.05) is 0 Å². The fourth-order valence-electron chi connectivity index (χ4n) is 0.686. The van der Waals surface area contributed by atoms with Crippen molar-refractivity contribution in [1.29, 1.82) is 5.41 Å². The van der Waals surface area contributed by atoms with Gasteiger partial charge in [0, 0.05) is 0 Å². The average molecular weight is 203 g/mol. The molecule has 0 spiro atoms. The molecule has 0 aliphatic carbocycles. The molecule has 10 heavy (non-hydrogen) atoms. The van der Waals surface area contributed by atoms with Gasteiger partial charge in [0.1, 0.15) is 4.60 Å². The van der Waals surface area contributed by atoms with Gasteiger partial charge in [-0.25, -0.2) is 0 Å². The second-order valence-corrected chi connectivity index (χ2v) is 2.83. The molecule has 1 rings (SSSR count). The summed E-state index contributed by atoms with van der Waals surface area (Å²) in [5.41, 5.74) is 0.638. The lowest BCUT2D eigenvalue weighted by Gasteiger charge is -2.03. The molecule has 0 radical (unpaired) electrons. The second kappa shape index (κ2) is 2.46. The van der Waals surface area contributed by atoms with Crippen LogP contribution >= 0.6 is 15.9 Å². The molecule has 0 fully saturated rings. The van der Waals surface area contributed by atoms with Crippen LogP contribution in [0.2, 0.25) is 0 Å². The van der Waals surface area contributed by atoms with Crippen LogP contribution in [0.4, 0.5) is 0 Å². The summed E-state index contributed by atoms with van der Waals surface area (Å²) in [7, 11) is 0. The van der Waals surface area contributed by atoms with Crippen LogP contribution in [0.25, 0.3) is 0 Å². The third kappa shape index (κ3) is 1.21. The summed E-state index contributed by atoms with van der Waals surface area (Å²) in [5.74, 6) is 0. The summed E-state index contributed by atoms with van der Waals surface area (Å²) in [6.45, 7) is 1.72. The van der Waals surface area contributed by atoms with Crippen LogP contribution < -0.4 is 5.36 Å². The van der Waals surface area contributed by atoms with Crippen LogP contribution in [0.15, 0.2) is 16.7 Å². The molecule has 0 amide bonds. The molecule has 1 aromatic rings. The van der Waals surface area contributed by atoms with Gasteiger partial charge in [-0.15, -0.1) is 0 Å². The molecule has 3 nitrogen and oxygen atoms in total. The van der Waals surface area contributed by atoms with Gasteiger partial charge in [-0.1, -0.05) is 0 Å². The third-order valence-electron chi connectivity index (χ3n) is 1.18. The van der Waals surface area contributed by atoms with Crippen molar-refractivity contribution < 1.29 is 5.21 Å². The van der Waals surface area contributed by atoms with Crippen LogP contribution in [0.5, 0.6) is 0 Å². The SMILES string of the molecule is Cc1cc(=N)cc(Br)n1O. The quantitative estimate of drug-likeness (QED) is 0.484. The number of aromatic nitrogens is 1. The van der Waals surface area contributed by atoms with Gasteiger partial charge in [0.2, 0.25) is 0 Å². The molecule has 0 atom stereocenters. The zero-order chi connectivity index (χ0) is 7.72. The zero-order valence-corrected chi connectivity index (χ0v) is 7.01. The number of aryl methyl sites for hydroxylation is 1. The number of nitrogens with zero attached hydrogens (tertiary/aromatic N) is 1. The number of rotatable bonds is 0. The molecule has 0 aliphatic heterocycles. The standard InChI is InChI=1S/C6H7BrN2O/c1-4-2-5(8)3-6(7)9(4)10/h2-3,8,10H,1H3. The van der Waals surface area contributed by atoms with Crippen molar-refractivity contribution in [3.05, 3.63) is 27.8 Å². The molecule has 0 aliphatic rings. The molecule has 4 heteroatoms. The van der Waals surface area contributed by atoms with E-state index >= 15 is 0 Å². The Kier molecular flexibility index (Phi) is 1.80. The molecule has 0 bridgehead atoms. The molecule has 1 heterocycles. The lowest BCUT2D eigenvalue weighted by atomic mass is 10.4. The van der Waals surface area contributed by atoms with E-state index in [-0.39, 0.29) is 0 Å². The first kappa shape index (κ1) is 7.34. The largest absolute Gasteiger partial charge is 0.428 e. The van der Waals surface area contributed by atoms with Gasteiger partial charge in [0.25, 0.3) is 0 Å². The summed E-state index contributed by atoms with van der Waals surface area (Å²) in [6, 6.07) is 3.10. The van der Waals surface area contributed by atoms with Crippen molar-refractivity contribution in [2.45, 2.75) is 6.92 Å². The van der Waals surface area contributed by atoms with Gasteiger partial charge in [0.05, 0.1) is 11.1 Å². The van der Waals surface area contributed by atoms with E-state index in [1.54, 1.807) is 13.0 Å². The number of nitrogens with one attached hydrogen (secondary N) is 1. The van der Waals surface area contributed by atoms with Gasteiger partial charge in [-0.3, -0.25) is 0 Å². The Labute approximate surface area is 66.5 Å². The van der Waals surface area contributed by atoms with Gasteiger partial charge in [-0.2, -0.15) is 4.73 Å². The minimum atomic E-state index is 0.384. The summed E-state index contributed by atoms with van der Waals surface area (Å²) in [5, 5.41) is 16.7.